The lowest BCUT2D eigenvalue weighted by Crippen LogP contribution is -2.31. The molecule has 1 rings (SSSR count). The normalized spacial score (nSPS) is 11.3. The molecule has 0 saturated carbocycles. The van der Waals surface area contributed by atoms with Crippen molar-refractivity contribution in [2.75, 3.05) is 13.1 Å². The van der Waals surface area contributed by atoms with Crippen LogP contribution in [0.15, 0.2) is 17.0 Å². The van der Waals surface area contributed by atoms with Gasteiger partial charge >= 0.3 is 5.97 Å². The van der Waals surface area contributed by atoms with Crippen LogP contribution in [0.5, 0.6) is 0 Å². The van der Waals surface area contributed by atoms with Crippen molar-refractivity contribution >= 4 is 16.0 Å². The van der Waals surface area contributed by atoms with E-state index in [-0.39, 0.29) is 23.5 Å². The summed E-state index contributed by atoms with van der Waals surface area (Å²) < 4.78 is 39.2. The number of terminal acetylenes is 1. The van der Waals surface area contributed by atoms with Crippen molar-refractivity contribution in [3.05, 3.63) is 29.1 Å². The smallest absolute Gasteiger partial charge is 0.338 e. The number of halogens is 1. The molecule has 0 radical (unpaired) electrons. The SMILES string of the molecule is C#CCN(CC)S(=O)(=O)c1cc(C)c(F)c(C(=O)O)c1. The van der Waals surface area contributed by atoms with Crippen LogP contribution in [0.2, 0.25) is 0 Å². The lowest BCUT2D eigenvalue weighted by Gasteiger charge is -2.18. The molecule has 0 saturated heterocycles. The van der Waals surface area contributed by atoms with E-state index in [0.29, 0.717) is 0 Å². The monoisotopic (exact) mass is 299 g/mol. The molecule has 108 valence electrons. The third-order valence-corrected chi connectivity index (χ3v) is 4.62. The molecule has 0 aromatic heterocycles. The minimum atomic E-state index is -3.95. The summed E-state index contributed by atoms with van der Waals surface area (Å²) in [5.41, 5.74) is -0.736. The molecule has 5 nitrogen and oxygen atoms in total. The van der Waals surface area contributed by atoms with Crippen molar-refractivity contribution in [3.63, 3.8) is 0 Å². The molecule has 7 heteroatoms. The number of aryl methyl sites for hydroxylation is 1. The molecule has 0 atom stereocenters. The highest BCUT2D eigenvalue weighted by atomic mass is 32.2. The first-order chi connectivity index (χ1) is 9.25. The number of rotatable bonds is 5. The van der Waals surface area contributed by atoms with E-state index in [1.807, 2.05) is 0 Å². The maximum Gasteiger partial charge on any atom is 0.338 e. The molecule has 0 aliphatic carbocycles. The number of nitrogens with zero attached hydrogens (tertiary/aromatic N) is 1. The van der Waals surface area contributed by atoms with Gasteiger partial charge < -0.3 is 5.11 Å². The molecule has 0 aliphatic rings. The molecule has 1 aromatic carbocycles. The Bertz CT molecular complexity index is 676. The zero-order chi connectivity index (χ0) is 15.5. The van der Waals surface area contributed by atoms with E-state index in [4.69, 9.17) is 11.5 Å². The molecular formula is C13H14FNO4S. The summed E-state index contributed by atoms with van der Waals surface area (Å²) in [6.07, 6.45) is 5.10. The fraction of sp³-hybridized carbons (Fsp3) is 0.308. The Labute approximate surface area is 117 Å². The molecule has 20 heavy (non-hydrogen) atoms. The lowest BCUT2D eigenvalue weighted by atomic mass is 10.1. The summed E-state index contributed by atoms with van der Waals surface area (Å²) in [6.45, 7) is 2.89. The molecule has 0 unspecified atom stereocenters. The molecule has 0 heterocycles. The third-order valence-electron chi connectivity index (χ3n) is 2.72. The van der Waals surface area contributed by atoms with Crippen molar-refractivity contribution in [1.29, 1.82) is 0 Å². The number of carboxylic acids is 1. The molecule has 0 aliphatic heterocycles. The van der Waals surface area contributed by atoms with Crippen molar-refractivity contribution in [2.45, 2.75) is 18.7 Å². The van der Waals surface area contributed by atoms with Crippen molar-refractivity contribution < 1.29 is 22.7 Å². The largest absolute Gasteiger partial charge is 0.478 e. The van der Waals surface area contributed by atoms with E-state index in [9.17, 15) is 17.6 Å². The van der Waals surface area contributed by atoms with Crippen LogP contribution in [0.3, 0.4) is 0 Å². The first kappa shape index (κ1) is 16.1. The van der Waals surface area contributed by atoms with Gasteiger partial charge in [0.1, 0.15) is 5.82 Å². The maximum absolute atomic E-state index is 13.6. The first-order valence-corrected chi connectivity index (χ1v) is 7.16. The predicted molar refractivity (Wildman–Crippen MR) is 71.4 cm³/mol. The van der Waals surface area contributed by atoms with Crippen molar-refractivity contribution in [2.24, 2.45) is 0 Å². The molecule has 0 bridgehead atoms. The second kappa shape index (κ2) is 6.03. The maximum atomic E-state index is 13.6. The number of hydrogen-bond donors (Lipinski definition) is 1. The van der Waals surface area contributed by atoms with E-state index in [2.05, 4.69) is 5.92 Å². The Morgan fingerprint density at radius 3 is 2.55 bits per heavy atom. The predicted octanol–water partition coefficient (Wildman–Crippen LogP) is 1.48. The van der Waals surface area contributed by atoms with Crippen LogP contribution in [-0.2, 0) is 10.0 Å². The first-order valence-electron chi connectivity index (χ1n) is 5.72. The molecule has 1 aromatic rings. The van der Waals surface area contributed by atoms with Crippen LogP contribution in [-0.4, -0.2) is 36.9 Å². The van der Waals surface area contributed by atoms with Gasteiger partial charge in [-0.15, -0.1) is 6.42 Å². The van der Waals surface area contributed by atoms with Gasteiger partial charge in [-0.3, -0.25) is 0 Å². The highest BCUT2D eigenvalue weighted by molar-refractivity contribution is 7.89. The van der Waals surface area contributed by atoms with Crippen LogP contribution in [0.25, 0.3) is 0 Å². The van der Waals surface area contributed by atoms with Crippen molar-refractivity contribution in [3.8, 4) is 12.3 Å². The highest BCUT2D eigenvalue weighted by Gasteiger charge is 2.25. The number of aromatic carboxylic acids is 1. The number of carboxylic acid groups (broad SMARTS) is 1. The van der Waals surface area contributed by atoms with E-state index in [0.717, 1.165) is 16.4 Å². The second-order valence-electron chi connectivity index (χ2n) is 4.04. The van der Waals surface area contributed by atoms with Gasteiger partial charge in [0.15, 0.2) is 0 Å². The van der Waals surface area contributed by atoms with Gasteiger partial charge in [-0.25, -0.2) is 17.6 Å². The van der Waals surface area contributed by atoms with E-state index in [1.165, 1.54) is 6.92 Å². The average Bonchev–Trinajstić information content (AvgIpc) is 2.38. The second-order valence-corrected chi connectivity index (χ2v) is 5.98. The number of carbonyl (C=O) groups is 1. The summed E-state index contributed by atoms with van der Waals surface area (Å²) >= 11 is 0. The summed E-state index contributed by atoms with van der Waals surface area (Å²) in [5.74, 6) is -0.259. The van der Waals surface area contributed by atoms with Gasteiger partial charge in [-0.2, -0.15) is 4.31 Å². The van der Waals surface area contributed by atoms with Crippen LogP contribution < -0.4 is 0 Å². The molecule has 0 spiro atoms. The van der Waals surface area contributed by atoms with Crippen LogP contribution in [0, 0.1) is 25.1 Å². The Morgan fingerprint density at radius 2 is 2.10 bits per heavy atom. The standard InChI is InChI=1S/C13H14FNO4S/c1-4-6-15(5-2)20(18,19)10-7-9(3)12(14)11(8-10)13(16)17/h1,7-8H,5-6H2,2-3H3,(H,16,17). The average molecular weight is 299 g/mol. The van der Waals surface area contributed by atoms with E-state index in [1.54, 1.807) is 6.92 Å². The summed E-state index contributed by atoms with van der Waals surface area (Å²) in [6, 6.07) is 1.90. The minimum Gasteiger partial charge on any atom is -0.478 e. The number of hydrogen-bond acceptors (Lipinski definition) is 3. The number of sulfonamides is 1. The fourth-order valence-electron chi connectivity index (χ4n) is 1.66. The zero-order valence-corrected chi connectivity index (χ0v) is 11.9. The topological polar surface area (TPSA) is 74.7 Å². The quantitative estimate of drug-likeness (QED) is 0.836. The fourth-order valence-corrected chi connectivity index (χ4v) is 3.13. The van der Waals surface area contributed by atoms with Gasteiger partial charge in [0, 0.05) is 6.54 Å². The lowest BCUT2D eigenvalue weighted by molar-refractivity contribution is 0.0691. The summed E-state index contributed by atoms with van der Waals surface area (Å²) in [4.78, 5) is 10.7. The highest BCUT2D eigenvalue weighted by Crippen LogP contribution is 2.22. The summed E-state index contributed by atoms with van der Waals surface area (Å²) in [5, 5.41) is 8.90. The van der Waals surface area contributed by atoms with Gasteiger partial charge in [-0.05, 0) is 24.6 Å². The Kier molecular flexibility index (Phi) is 4.87. The molecular weight excluding hydrogens is 285 g/mol. The van der Waals surface area contributed by atoms with Crippen LogP contribution >= 0.6 is 0 Å². The molecule has 1 N–H and O–H groups in total. The third kappa shape index (κ3) is 2.98. The summed E-state index contributed by atoms with van der Waals surface area (Å²) in [7, 11) is -3.95. The van der Waals surface area contributed by atoms with Crippen molar-refractivity contribution in [1.82, 2.24) is 4.31 Å². The van der Waals surface area contributed by atoms with Crippen LogP contribution in [0.1, 0.15) is 22.8 Å². The van der Waals surface area contributed by atoms with E-state index < -0.39 is 27.4 Å². The van der Waals surface area contributed by atoms with Gasteiger partial charge in [0.2, 0.25) is 10.0 Å². The minimum absolute atomic E-state index is 0.0553. The zero-order valence-electron chi connectivity index (χ0n) is 11.1. The Balaban J connectivity index is 3.47. The Hall–Kier alpha value is -1.91. The Morgan fingerprint density at radius 1 is 1.50 bits per heavy atom. The molecule has 0 amide bonds. The van der Waals surface area contributed by atoms with Gasteiger partial charge in [-0.1, -0.05) is 12.8 Å². The molecule has 0 fully saturated rings. The van der Waals surface area contributed by atoms with Crippen LogP contribution in [0.4, 0.5) is 4.39 Å². The van der Waals surface area contributed by atoms with E-state index >= 15 is 0 Å². The number of benzene rings is 1. The van der Waals surface area contributed by atoms with Gasteiger partial charge in [0.25, 0.3) is 0 Å². The van der Waals surface area contributed by atoms with Gasteiger partial charge in [0.05, 0.1) is 17.0 Å².